The number of anilines is 2. The average molecular weight is 416 g/mol. The van der Waals surface area contributed by atoms with Crippen LogP contribution in [0.4, 0.5) is 21.0 Å². The van der Waals surface area contributed by atoms with E-state index >= 15 is 0 Å². The molecule has 0 saturated heterocycles. The Hall–Kier alpha value is -4.08. The lowest BCUT2D eigenvalue weighted by Crippen LogP contribution is -2.15. The fourth-order valence-corrected chi connectivity index (χ4v) is 2.47. The molecule has 10 heteroatoms. The number of nitrogens with two attached hydrogens (primary N) is 2. The molecule has 8 N–H and O–H groups in total. The van der Waals surface area contributed by atoms with Crippen LogP contribution in [0.25, 0.3) is 0 Å². The van der Waals surface area contributed by atoms with E-state index in [4.69, 9.17) is 21.7 Å². The first-order chi connectivity index (χ1) is 14.1. The summed E-state index contributed by atoms with van der Waals surface area (Å²) in [7, 11) is 0. The summed E-state index contributed by atoms with van der Waals surface area (Å²) in [5, 5.41) is 21.3. The van der Waals surface area contributed by atoms with Gasteiger partial charge in [0.25, 0.3) is 0 Å². The van der Waals surface area contributed by atoms with Gasteiger partial charge in [-0.05, 0) is 48.7 Å². The summed E-state index contributed by atoms with van der Waals surface area (Å²) >= 11 is 0. The van der Waals surface area contributed by atoms with Crippen LogP contribution in [0.2, 0.25) is 0 Å². The molecule has 0 aliphatic heterocycles. The van der Waals surface area contributed by atoms with Crippen molar-refractivity contribution in [1.82, 2.24) is 0 Å². The summed E-state index contributed by atoms with van der Waals surface area (Å²) in [6.07, 6.45) is 0.407. The lowest BCUT2D eigenvalue weighted by Gasteiger charge is -2.08. The van der Waals surface area contributed by atoms with Gasteiger partial charge in [-0.2, -0.15) is 0 Å². The molecule has 0 aliphatic carbocycles. The zero-order valence-electron chi connectivity index (χ0n) is 16.3. The van der Waals surface area contributed by atoms with E-state index in [2.05, 4.69) is 17.6 Å². The first-order valence-electron chi connectivity index (χ1n) is 8.96. The lowest BCUT2D eigenvalue weighted by molar-refractivity contribution is 0.0991. The molecular formula is C20H24N4O6. The number of carbonyl (C=O) groups excluding carboxylic acids is 2. The second-order valence-electron chi connectivity index (χ2n) is 6.15. The van der Waals surface area contributed by atoms with Crippen LogP contribution in [-0.4, -0.2) is 34.2 Å². The van der Waals surface area contributed by atoms with Gasteiger partial charge in [-0.3, -0.25) is 20.2 Å². The maximum absolute atomic E-state index is 11.3. The molecule has 0 atom stereocenters. The van der Waals surface area contributed by atoms with Gasteiger partial charge in [0.15, 0.2) is 0 Å². The van der Waals surface area contributed by atoms with Crippen molar-refractivity contribution < 1.29 is 29.4 Å². The highest BCUT2D eigenvalue weighted by Gasteiger charge is 2.10. The van der Waals surface area contributed by atoms with E-state index in [9.17, 15) is 19.2 Å². The minimum Gasteiger partial charge on any atom is -0.465 e. The molecule has 160 valence electrons. The van der Waals surface area contributed by atoms with Crippen molar-refractivity contribution in [3.8, 4) is 0 Å². The van der Waals surface area contributed by atoms with Gasteiger partial charge in [-0.15, -0.1) is 0 Å². The normalized spacial score (nSPS) is 9.63. The van der Waals surface area contributed by atoms with Gasteiger partial charge in [0.05, 0.1) is 0 Å². The quantitative estimate of drug-likeness (QED) is 0.402. The Morgan fingerprint density at radius 3 is 1.97 bits per heavy atom. The molecule has 0 radical (unpaired) electrons. The van der Waals surface area contributed by atoms with Crippen molar-refractivity contribution in [3.63, 3.8) is 0 Å². The first-order valence-corrected chi connectivity index (χ1v) is 8.96. The molecule has 0 spiro atoms. The number of benzene rings is 2. The second-order valence-corrected chi connectivity index (χ2v) is 6.15. The predicted octanol–water partition coefficient (Wildman–Crippen LogP) is 3.09. The molecule has 0 fully saturated rings. The van der Waals surface area contributed by atoms with Gasteiger partial charge < -0.3 is 21.7 Å². The number of rotatable bonds is 7. The highest BCUT2D eigenvalue weighted by molar-refractivity contribution is 5.96. The summed E-state index contributed by atoms with van der Waals surface area (Å²) < 4.78 is 0. The summed E-state index contributed by atoms with van der Waals surface area (Å²) in [6.45, 7) is 2.06. The fourth-order valence-electron chi connectivity index (χ4n) is 2.47. The van der Waals surface area contributed by atoms with E-state index in [-0.39, 0.29) is 5.56 Å². The van der Waals surface area contributed by atoms with E-state index in [0.29, 0.717) is 16.9 Å². The third kappa shape index (κ3) is 8.30. The van der Waals surface area contributed by atoms with E-state index in [1.807, 2.05) is 0 Å². The number of amides is 4. The predicted molar refractivity (Wildman–Crippen MR) is 112 cm³/mol. The minimum atomic E-state index is -1.18. The monoisotopic (exact) mass is 416 g/mol. The van der Waals surface area contributed by atoms with Gasteiger partial charge in [-0.25, -0.2) is 9.59 Å². The van der Waals surface area contributed by atoms with Gasteiger partial charge in [0, 0.05) is 22.5 Å². The van der Waals surface area contributed by atoms with E-state index in [1.54, 1.807) is 18.2 Å². The number of hydrogen-bond donors (Lipinski definition) is 6. The van der Waals surface area contributed by atoms with Gasteiger partial charge in [-0.1, -0.05) is 25.5 Å². The number of primary amides is 2. The average Bonchev–Trinajstić information content (AvgIpc) is 2.66. The van der Waals surface area contributed by atoms with Crippen molar-refractivity contribution >= 4 is 35.4 Å². The molecule has 0 bridgehead atoms. The third-order valence-electron chi connectivity index (χ3n) is 3.82. The van der Waals surface area contributed by atoms with Crippen LogP contribution in [0.15, 0.2) is 42.5 Å². The SMILES string of the molecule is CCCCc1ccc(NC(=O)O)cc1C(N)=O.NC(=O)c1cccc(NC(=O)O)c1. The minimum absolute atomic E-state index is 0.270. The van der Waals surface area contributed by atoms with Gasteiger partial charge >= 0.3 is 12.2 Å². The largest absolute Gasteiger partial charge is 0.465 e. The number of aryl methyl sites for hydroxylation is 1. The first kappa shape index (κ1) is 24.0. The Balaban J connectivity index is 0.000000311. The van der Waals surface area contributed by atoms with Crippen molar-refractivity contribution in [2.45, 2.75) is 26.2 Å². The van der Waals surface area contributed by atoms with Crippen molar-refractivity contribution in [3.05, 3.63) is 59.2 Å². The van der Waals surface area contributed by atoms with Crippen LogP contribution in [-0.2, 0) is 6.42 Å². The molecule has 10 nitrogen and oxygen atoms in total. The van der Waals surface area contributed by atoms with Crippen LogP contribution in [0, 0.1) is 0 Å². The highest BCUT2D eigenvalue weighted by atomic mass is 16.4. The zero-order valence-corrected chi connectivity index (χ0v) is 16.3. The molecule has 2 aromatic rings. The standard InChI is InChI=1S/C12H16N2O3.C8H8N2O3/c1-2-3-4-8-5-6-9(14-12(16)17)7-10(8)11(13)15;9-7(11)5-2-1-3-6(4-5)10-8(12)13/h5-7,14H,2-4H2,1H3,(H2,13,15)(H,16,17);1-4,10H,(H2,9,11)(H,12,13). The highest BCUT2D eigenvalue weighted by Crippen LogP contribution is 2.18. The Morgan fingerprint density at radius 2 is 1.47 bits per heavy atom. The van der Waals surface area contributed by atoms with Crippen LogP contribution < -0.4 is 22.1 Å². The maximum atomic E-state index is 11.3. The molecule has 4 amide bonds. The summed E-state index contributed by atoms with van der Waals surface area (Å²) in [5.74, 6) is -1.13. The Bertz CT molecular complexity index is 929. The van der Waals surface area contributed by atoms with Crippen molar-refractivity contribution in [2.75, 3.05) is 10.6 Å². The molecule has 0 saturated carbocycles. The number of unbranched alkanes of at least 4 members (excludes halogenated alkanes) is 1. The molecular weight excluding hydrogens is 392 g/mol. The van der Waals surface area contributed by atoms with Crippen LogP contribution in [0.3, 0.4) is 0 Å². The number of nitrogens with one attached hydrogen (secondary N) is 2. The maximum Gasteiger partial charge on any atom is 0.409 e. The lowest BCUT2D eigenvalue weighted by atomic mass is 10.0. The van der Waals surface area contributed by atoms with E-state index < -0.39 is 24.0 Å². The smallest absolute Gasteiger partial charge is 0.409 e. The molecule has 0 aromatic heterocycles. The summed E-state index contributed by atoms with van der Waals surface area (Å²) in [4.78, 5) is 42.7. The van der Waals surface area contributed by atoms with Gasteiger partial charge in [0.2, 0.25) is 11.8 Å². The molecule has 2 aromatic carbocycles. The van der Waals surface area contributed by atoms with Gasteiger partial charge in [0.1, 0.15) is 0 Å². The molecule has 0 aliphatic rings. The van der Waals surface area contributed by atoms with Crippen LogP contribution in [0.5, 0.6) is 0 Å². The second kappa shape index (κ2) is 11.7. The summed E-state index contributed by atoms with van der Waals surface area (Å²) in [5.41, 5.74) is 12.5. The topological polar surface area (TPSA) is 185 Å². The van der Waals surface area contributed by atoms with Crippen LogP contribution in [0.1, 0.15) is 46.0 Å². The van der Waals surface area contributed by atoms with Crippen molar-refractivity contribution in [2.24, 2.45) is 11.5 Å². The Morgan fingerprint density at radius 1 is 0.867 bits per heavy atom. The van der Waals surface area contributed by atoms with Crippen molar-refractivity contribution in [1.29, 1.82) is 0 Å². The third-order valence-corrected chi connectivity index (χ3v) is 3.82. The van der Waals surface area contributed by atoms with E-state index in [1.165, 1.54) is 24.3 Å². The zero-order chi connectivity index (χ0) is 22.7. The number of carbonyl (C=O) groups is 4. The number of carboxylic acid groups (broad SMARTS) is 2. The Labute approximate surface area is 172 Å². The molecule has 0 unspecified atom stereocenters. The Kier molecular flexibility index (Phi) is 9.34. The number of hydrogen-bond acceptors (Lipinski definition) is 4. The molecule has 0 heterocycles. The molecule has 2 rings (SSSR count). The summed E-state index contributed by atoms with van der Waals surface area (Å²) in [6, 6.07) is 10.8. The fraction of sp³-hybridized carbons (Fsp3) is 0.200. The van der Waals surface area contributed by atoms with E-state index in [0.717, 1.165) is 24.8 Å². The van der Waals surface area contributed by atoms with Crippen LogP contribution >= 0.6 is 0 Å². The molecule has 30 heavy (non-hydrogen) atoms.